The number of rotatable bonds is 2. The lowest BCUT2D eigenvalue weighted by atomic mass is 10.1. The fraction of sp³-hybridized carbons (Fsp3) is 0.429. The lowest BCUT2D eigenvalue weighted by Crippen LogP contribution is -2.29. The summed E-state index contributed by atoms with van der Waals surface area (Å²) in [6.45, 7) is 1.53. The molecule has 5 nitrogen and oxygen atoms in total. The van der Waals surface area contributed by atoms with E-state index in [4.69, 9.17) is 10.2 Å². The Kier molecular flexibility index (Phi) is 2.60. The molecule has 0 spiro atoms. The van der Waals surface area contributed by atoms with Crippen molar-refractivity contribution >= 4 is 27.7 Å². The smallest absolute Gasteiger partial charge is 0.378 e. The molecule has 0 aliphatic carbocycles. The molecular formula is C7H7BrO5. The minimum Gasteiger partial charge on any atom is -0.505 e. The lowest BCUT2D eigenvalue weighted by molar-refractivity contribution is -0.148. The van der Waals surface area contributed by atoms with Crippen LogP contribution in [-0.2, 0) is 14.3 Å². The van der Waals surface area contributed by atoms with Crippen molar-refractivity contribution in [2.75, 3.05) is 0 Å². The Morgan fingerprint density at radius 1 is 1.62 bits per heavy atom. The van der Waals surface area contributed by atoms with Gasteiger partial charge >= 0.3 is 5.97 Å². The highest BCUT2D eigenvalue weighted by Crippen LogP contribution is 2.21. The van der Waals surface area contributed by atoms with E-state index >= 15 is 0 Å². The van der Waals surface area contributed by atoms with Crippen LogP contribution in [0.25, 0.3) is 0 Å². The molecule has 2 atom stereocenters. The molecule has 0 fully saturated rings. The minimum absolute atomic E-state index is 0.519. The summed E-state index contributed by atoms with van der Waals surface area (Å²) < 4.78 is 4.42. The summed E-state index contributed by atoms with van der Waals surface area (Å²) >= 11 is 2.96. The largest absolute Gasteiger partial charge is 0.505 e. The van der Waals surface area contributed by atoms with Crippen molar-refractivity contribution < 1.29 is 24.5 Å². The Morgan fingerprint density at radius 3 is 2.46 bits per heavy atom. The summed E-state index contributed by atoms with van der Waals surface area (Å²) in [5.74, 6) is -3.22. The number of ketones is 1. The topological polar surface area (TPSA) is 83.8 Å². The Labute approximate surface area is 82.1 Å². The summed E-state index contributed by atoms with van der Waals surface area (Å²) in [6.07, 6.45) is -1.37. The molecule has 0 saturated carbocycles. The summed E-state index contributed by atoms with van der Waals surface area (Å²) in [5.41, 5.74) is 0. The highest BCUT2D eigenvalue weighted by atomic mass is 79.9. The minimum atomic E-state index is -1.37. The highest BCUT2D eigenvalue weighted by Gasteiger charge is 2.40. The van der Waals surface area contributed by atoms with E-state index in [2.05, 4.69) is 20.7 Å². The van der Waals surface area contributed by atoms with Gasteiger partial charge in [0, 0.05) is 0 Å². The molecule has 72 valence electrons. The van der Waals surface area contributed by atoms with Crippen molar-refractivity contribution in [2.45, 2.75) is 17.9 Å². The number of aliphatic hydroxyl groups excluding tert-OH is 2. The second kappa shape index (κ2) is 3.37. The van der Waals surface area contributed by atoms with Crippen molar-refractivity contribution in [3.63, 3.8) is 0 Å². The van der Waals surface area contributed by atoms with Crippen molar-refractivity contribution in [1.82, 2.24) is 0 Å². The second-order valence-corrected chi connectivity index (χ2v) is 3.91. The molecule has 1 aliphatic heterocycles. The number of carbonyl (C=O) groups is 2. The number of carbonyl (C=O) groups excluding carboxylic acids is 2. The van der Waals surface area contributed by atoms with Gasteiger partial charge in [-0.2, -0.15) is 0 Å². The van der Waals surface area contributed by atoms with E-state index in [1.807, 2.05) is 0 Å². The molecule has 0 bridgehead atoms. The number of hydrogen-bond acceptors (Lipinski definition) is 5. The Bertz CT molecular complexity index is 293. The van der Waals surface area contributed by atoms with E-state index in [0.717, 1.165) is 0 Å². The Hall–Kier alpha value is -1.04. The third-order valence-corrected chi connectivity index (χ3v) is 2.01. The maximum absolute atomic E-state index is 11.2. The van der Waals surface area contributed by atoms with E-state index in [9.17, 15) is 9.59 Å². The van der Waals surface area contributed by atoms with E-state index in [1.54, 1.807) is 0 Å². The van der Waals surface area contributed by atoms with Gasteiger partial charge in [0.2, 0.25) is 11.9 Å². The lowest BCUT2D eigenvalue weighted by Gasteiger charge is -2.09. The maximum atomic E-state index is 11.2. The van der Waals surface area contributed by atoms with Crippen LogP contribution in [-0.4, -0.2) is 32.9 Å². The first-order valence-corrected chi connectivity index (χ1v) is 4.37. The van der Waals surface area contributed by atoms with E-state index in [-0.39, 0.29) is 0 Å². The van der Waals surface area contributed by atoms with Crippen LogP contribution < -0.4 is 0 Å². The number of alkyl halides is 1. The van der Waals surface area contributed by atoms with Crippen LogP contribution in [0.5, 0.6) is 0 Å². The molecule has 0 saturated heterocycles. The van der Waals surface area contributed by atoms with Crippen LogP contribution >= 0.6 is 15.9 Å². The van der Waals surface area contributed by atoms with Gasteiger partial charge in [-0.15, -0.1) is 0 Å². The maximum Gasteiger partial charge on any atom is 0.378 e. The number of cyclic esters (lactones) is 1. The molecule has 2 unspecified atom stereocenters. The number of aliphatic hydroxyl groups is 2. The molecule has 0 aromatic carbocycles. The van der Waals surface area contributed by atoms with Crippen LogP contribution in [0, 0.1) is 0 Å². The number of ether oxygens (including phenoxy) is 1. The SMILES string of the molecule is CC(Br)C(=O)C1OC(=O)C(O)=C1O. The van der Waals surface area contributed by atoms with Gasteiger partial charge in [0.15, 0.2) is 11.5 Å². The Morgan fingerprint density at radius 2 is 2.15 bits per heavy atom. The van der Waals surface area contributed by atoms with Gasteiger partial charge < -0.3 is 14.9 Å². The van der Waals surface area contributed by atoms with Crippen molar-refractivity contribution in [1.29, 1.82) is 0 Å². The molecule has 6 heteroatoms. The molecule has 1 aliphatic rings. The first-order chi connectivity index (χ1) is 5.95. The third-order valence-electron chi connectivity index (χ3n) is 1.56. The van der Waals surface area contributed by atoms with Crippen LogP contribution in [0.3, 0.4) is 0 Å². The van der Waals surface area contributed by atoms with Crippen molar-refractivity contribution in [3.8, 4) is 0 Å². The first-order valence-electron chi connectivity index (χ1n) is 3.46. The summed E-state index contributed by atoms with van der Waals surface area (Å²) in [6, 6.07) is 0. The molecule has 13 heavy (non-hydrogen) atoms. The van der Waals surface area contributed by atoms with Crippen LogP contribution in [0.1, 0.15) is 6.92 Å². The number of esters is 1. The molecule has 0 amide bonds. The summed E-state index contributed by atoms with van der Waals surface area (Å²) in [4.78, 5) is 21.3. The van der Waals surface area contributed by atoms with Gasteiger partial charge in [-0.1, -0.05) is 15.9 Å². The van der Waals surface area contributed by atoms with Crippen LogP contribution in [0.2, 0.25) is 0 Å². The average Bonchev–Trinajstić information content (AvgIpc) is 2.31. The summed E-state index contributed by atoms with van der Waals surface area (Å²) in [7, 11) is 0. The highest BCUT2D eigenvalue weighted by molar-refractivity contribution is 9.10. The normalized spacial score (nSPS) is 24.5. The van der Waals surface area contributed by atoms with E-state index < -0.39 is 34.2 Å². The zero-order chi connectivity index (χ0) is 10.2. The standard InChI is InChI=1S/C7H7BrO5/c1-2(8)3(9)6-4(10)5(11)7(12)13-6/h2,6,10-11H,1H3. The van der Waals surface area contributed by atoms with Gasteiger partial charge in [-0.25, -0.2) is 4.79 Å². The molecule has 0 aromatic heterocycles. The van der Waals surface area contributed by atoms with Gasteiger partial charge in [0.25, 0.3) is 0 Å². The molecule has 0 aromatic rings. The van der Waals surface area contributed by atoms with Gasteiger partial charge in [-0.05, 0) is 6.92 Å². The zero-order valence-corrected chi connectivity index (χ0v) is 8.24. The Balaban J connectivity index is 2.88. The molecular weight excluding hydrogens is 244 g/mol. The van der Waals surface area contributed by atoms with Gasteiger partial charge in [0.1, 0.15) is 0 Å². The van der Waals surface area contributed by atoms with Crippen LogP contribution in [0.15, 0.2) is 11.5 Å². The summed E-state index contributed by atoms with van der Waals surface area (Å²) in [5, 5.41) is 17.9. The van der Waals surface area contributed by atoms with E-state index in [1.165, 1.54) is 6.92 Å². The predicted molar refractivity (Wildman–Crippen MR) is 45.6 cm³/mol. The van der Waals surface area contributed by atoms with Gasteiger partial charge in [-0.3, -0.25) is 4.79 Å². The molecule has 0 radical (unpaired) electrons. The third kappa shape index (κ3) is 1.67. The van der Waals surface area contributed by atoms with Crippen molar-refractivity contribution in [3.05, 3.63) is 11.5 Å². The van der Waals surface area contributed by atoms with Crippen molar-refractivity contribution in [2.24, 2.45) is 0 Å². The van der Waals surface area contributed by atoms with Crippen LogP contribution in [0.4, 0.5) is 0 Å². The molecule has 1 rings (SSSR count). The molecule has 2 N–H and O–H groups in total. The quantitative estimate of drug-likeness (QED) is 0.554. The molecule has 1 heterocycles. The number of Topliss-reactive ketones (excluding diaryl/α,β-unsaturated/α-hetero) is 1. The number of halogens is 1. The van der Waals surface area contributed by atoms with E-state index in [0.29, 0.717) is 0 Å². The second-order valence-electron chi connectivity index (χ2n) is 2.54. The fourth-order valence-corrected chi connectivity index (χ4v) is 1.09. The average molecular weight is 251 g/mol. The van der Waals surface area contributed by atoms with Gasteiger partial charge in [0.05, 0.1) is 4.83 Å². The number of hydrogen-bond donors (Lipinski definition) is 2. The first kappa shape index (κ1) is 10.0. The predicted octanol–water partition coefficient (Wildman–Crippen LogP) is 0.592. The fourth-order valence-electron chi connectivity index (χ4n) is 0.849. The zero-order valence-electron chi connectivity index (χ0n) is 6.65. The monoisotopic (exact) mass is 250 g/mol.